The van der Waals surface area contributed by atoms with Gasteiger partial charge < -0.3 is 9.73 Å². The van der Waals surface area contributed by atoms with Crippen LogP contribution in [0.1, 0.15) is 52.7 Å². The molecule has 0 unspecified atom stereocenters. The van der Waals surface area contributed by atoms with Crippen LogP contribution in [-0.2, 0) is 11.8 Å². The van der Waals surface area contributed by atoms with Crippen LogP contribution in [0.25, 0.3) is 0 Å². The van der Waals surface area contributed by atoms with Crippen molar-refractivity contribution in [2.75, 3.05) is 6.54 Å². The van der Waals surface area contributed by atoms with Crippen LogP contribution in [0.3, 0.4) is 0 Å². The summed E-state index contributed by atoms with van der Waals surface area (Å²) in [5, 5.41) is 3.38. The largest absolute Gasteiger partial charge is 0.445 e. The number of oxazole rings is 1. The molecule has 0 bridgehead atoms. The number of nitrogens with one attached hydrogen (secondary N) is 1. The first-order valence-corrected chi connectivity index (χ1v) is 6.08. The summed E-state index contributed by atoms with van der Waals surface area (Å²) in [6.45, 7) is 11.7. The van der Waals surface area contributed by atoms with Gasteiger partial charge >= 0.3 is 0 Å². The van der Waals surface area contributed by atoms with Crippen molar-refractivity contribution in [2.45, 2.75) is 58.9 Å². The van der Waals surface area contributed by atoms with Crippen LogP contribution >= 0.6 is 0 Å². The standard InChI is InChI=1S/C13H24N2O/c1-10(2)14-8-6-7-12-15-9-11(16-12)13(3,4)5/h9-10,14H,6-8H2,1-5H3. The minimum Gasteiger partial charge on any atom is -0.445 e. The first kappa shape index (κ1) is 13.2. The van der Waals surface area contributed by atoms with Gasteiger partial charge in [0.15, 0.2) is 5.89 Å². The predicted molar refractivity (Wildman–Crippen MR) is 66.7 cm³/mol. The van der Waals surface area contributed by atoms with Gasteiger partial charge in [-0.2, -0.15) is 0 Å². The van der Waals surface area contributed by atoms with Gasteiger partial charge in [0.2, 0.25) is 0 Å². The maximum atomic E-state index is 5.72. The number of nitrogens with zero attached hydrogens (tertiary/aromatic N) is 1. The van der Waals surface area contributed by atoms with Crippen LogP contribution in [-0.4, -0.2) is 17.6 Å². The van der Waals surface area contributed by atoms with E-state index in [-0.39, 0.29) is 5.41 Å². The van der Waals surface area contributed by atoms with Crippen molar-refractivity contribution in [3.63, 3.8) is 0 Å². The van der Waals surface area contributed by atoms with Gasteiger partial charge in [0, 0.05) is 17.9 Å². The zero-order chi connectivity index (χ0) is 12.2. The van der Waals surface area contributed by atoms with Gasteiger partial charge in [-0.1, -0.05) is 34.6 Å². The third kappa shape index (κ3) is 4.35. The van der Waals surface area contributed by atoms with Crippen LogP contribution in [0, 0.1) is 0 Å². The average molecular weight is 224 g/mol. The van der Waals surface area contributed by atoms with Crippen LogP contribution in [0.4, 0.5) is 0 Å². The van der Waals surface area contributed by atoms with E-state index in [2.05, 4.69) is 44.9 Å². The molecule has 0 amide bonds. The quantitative estimate of drug-likeness (QED) is 0.781. The van der Waals surface area contributed by atoms with E-state index in [0.717, 1.165) is 31.0 Å². The van der Waals surface area contributed by atoms with E-state index in [4.69, 9.17) is 4.42 Å². The minimum atomic E-state index is 0.0570. The molecule has 3 nitrogen and oxygen atoms in total. The molecule has 1 rings (SSSR count). The van der Waals surface area contributed by atoms with E-state index in [0.29, 0.717) is 6.04 Å². The van der Waals surface area contributed by atoms with Crippen molar-refractivity contribution >= 4 is 0 Å². The average Bonchev–Trinajstić information content (AvgIpc) is 2.59. The van der Waals surface area contributed by atoms with Gasteiger partial charge in [-0.05, 0) is 13.0 Å². The Morgan fingerprint density at radius 1 is 1.38 bits per heavy atom. The molecule has 0 aliphatic heterocycles. The van der Waals surface area contributed by atoms with Crippen LogP contribution in [0.2, 0.25) is 0 Å². The van der Waals surface area contributed by atoms with Crippen molar-refractivity contribution in [2.24, 2.45) is 0 Å². The third-order valence-electron chi connectivity index (χ3n) is 2.41. The van der Waals surface area contributed by atoms with Gasteiger partial charge in [-0.15, -0.1) is 0 Å². The lowest BCUT2D eigenvalue weighted by molar-refractivity contribution is 0.378. The molecule has 0 radical (unpaired) electrons. The highest BCUT2D eigenvalue weighted by Gasteiger charge is 2.18. The SMILES string of the molecule is CC(C)NCCCc1ncc(C(C)(C)C)o1. The molecule has 0 saturated heterocycles. The summed E-state index contributed by atoms with van der Waals surface area (Å²) < 4.78 is 5.72. The second-order valence-electron chi connectivity index (χ2n) is 5.58. The van der Waals surface area contributed by atoms with Gasteiger partial charge in [0.1, 0.15) is 5.76 Å². The van der Waals surface area contributed by atoms with E-state index in [1.165, 1.54) is 0 Å². The van der Waals surface area contributed by atoms with E-state index in [1.807, 2.05) is 6.20 Å². The predicted octanol–water partition coefficient (Wildman–Crippen LogP) is 2.90. The Kier molecular flexibility index (Phi) is 4.54. The Hall–Kier alpha value is -0.830. The molecule has 0 aliphatic rings. The fraction of sp³-hybridized carbons (Fsp3) is 0.769. The lowest BCUT2D eigenvalue weighted by Crippen LogP contribution is -2.23. The zero-order valence-electron chi connectivity index (χ0n) is 11.1. The smallest absolute Gasteiger partial charge is 0.194 e. The highest BCUT2D eigenvalue weighted by molar-refractivity contribution is 5.05. The molecular formula is C13H24N2O. The maximum Gasteiger partial charge on any atom is 0.194 e. The Bertz CT molecular complexity index is 310. The number of aromatic nitrogens is 1. The van der Waals surface area contributed by atoms with Crippen molar-refractivity contribution in [1.29, 1.82) is 0 Å². The molecule has 16 heavy (non-hydrogen) atoms. The Morgan fingerprint density at radius 2 is 2.06 bits per heavy atom. The van der Waals surface area contributed by atoms with Crippen LogP contribution in [0.5, 0.6) is 0 Å². The second kappa shape index (κ2) is 5.48. The monoisotopic (exact) mass is 224 g/mol. The summed E-state index contributed by atoms with van der Waals surface area (Å²) in [6.07, 6.45) is 3.84. The molecule has 0 saturated carbocycles. The molecular weight excluding hydrogens is 200 g/mol. The molecule has 0 aromatic carbocycles. The van der Waals surface area contributed by atoms with Crippen molar-refractivity contribution in [3.05, 3.63) is 17.8 Å². The fourth-order valence-corrected chi connectivity index (χ4v) is 1.40. The highest BCUT2D eigenvalue weighted by atomic mass is 16.4. The lowest BCUT2D eigenvalue weighted by Gasteiger charge is -2.13. The summed E-state index contributed by atoms with van der Waals surface area (Å²) in [6, 6.07) is 0.551. The summed E-state index contributed by atoms with van der Waals surface area (Å²) >= 11 is 0. The second-order valence-corrected chi connectivity index (χ2v) is 5.58. The molecule has 1 N–H and O–H groups in total. The molecule has 0 fully saturated rings. The Balaban J connectivity index is 2.36. The number of rotatable bonds is 5. The van der Waals surface area contributed by atoms with E-state index >= 15 is 0 Å². The molecule has 3 heteroatoms. The molecule has 0 atom stereocenters. The number of hydrogen-bond donors (Lipinski definition) is 1. The van der Waals surface area contributed by atoms with Gasteiger partial charge in [0.05, 0.1) is 6.20 Å². The first-order valence-electron chi connectivity index (χ1n) is 6.08. The molecule has 0 spiro atoms. The zero-order valence-corrected chi connectivity index (χ0v) is 11.1. The summed E-state index contributed by atoms with van der Waals surface area (Å²) in [4.78, 5) is 4.30. The molecule has 1 aromatic heterocycles. The van der Waals surface area contributed by atoms with Crippen molar-refractivity contribution in [1.82, 2.24) is 10.3 Å². The lowest BCUT2D eigenvalue weighted by atomic mass is 9.94. The van der Waals surface area contributed by atoms with E-state index < -0.39 is 0 Å². The van der Waals surface area contributed by atoms with Gasteiger partial charge in [-0.25, -0.2) is 4.98 Å². The molecule has 0 aliphatic carbocycles. The summed E-state index contributed by atoms with van der Waals surface area (Å²) in [5.74, 6) is 1.83. The van der Waals surface area contributed by atoms with Crippen molar-refractivity contribution < 1.29 is 4.42 Å². The normalized spacial score (nSPS) is 12.4. The third-order valence-corrected chi connectivity index (χ3v) is 2.41. The van der Waals surface area contributed by atoms with Crippen LogP contribution in [0.15, 0.2) is 10.6 Å². The minimum absolute atomic E-state index is 0.0570. The van der Waals surface area contributed by atoms with E-state index in [9.17, 15) is 0 Å². The topological polar surface area (TPSA) is 38.1 Å². The van der Waals surface area contributed by atoms with Crippen LogP contribution < -0.4 is 5.32 Å². The number of aryl methyl sites for hydroxylation is 1. The molecule has 92 valence electrons. The Labute approximate surface area is 98.6 Å². The van der Waals surface area contributed by atoms with Crippen molar-refractivity contribution in [3.8, 4) is 0 Å². The number of hydrogen-bond acceptors (Lipinski definition) is 3. The fourth-order valence-electron chi connectivity index (χ4n) is 1.40. The highest BCUT2D eigenvalue weighted by Crippen LogP contribution is 2.22. The molecule has 1 heterocycles. The summed E-state index contributed by atoms with van der Waals surface area (Å²) in [7, 11) is 0. The van der Waals surface area contributed by atoms with E-state index in [1.54, 1.807) is 0 Å². The van der Waals surface area contributed by atoms with Gasteiger partial charge in [-0.3, -0.25) is 0 Å². The first-order chi connectivity index (χ1) is 7.39. The maximum absolute atomic E-state index is 5.72. The molecule has 1 aromatic rings. The van der Waals surface area contributed by atoms with Gasteiger partial charge in [0.25, 0.3) is 0 Å². The Morgan fingerprint density at radius 3 is 2.56 bits per heavy atom. The summed E-state index contributed by atoms with van der Waals surface area (Å²) in [5.41, 5.74) is 0.0570.